The van der Waals surface area contributed by atoms with Crippen molar-refractivity contribution in [3.63, 3.8) is 0 Å². The molecule has 4 aromatic rings. The largest absolute Gasteiger partial charge is 0.322 e. The van der Waals surface area contributed by atoms with Crippen LogP contribution in [0.4, 0.5) is 5.69 Å². The fourth-order valence-electron chi connectivity index (χ4n) is 2.66. The van der Waals surface area contributed by atoms with Crippen molar-refractivity contribution in [1.82, 2.24) is 15.0 Å². The van der Waals surface area contributed by atoms with Crippen molar-refractivity contribution in [3.8, 4) is 5.69 Å². The molecule has 1 aromatic heterocycles. The summed E-state index contributed by atoms with van der Waals surface area (Å²) in [7, 11) is 0. The second kappa shape index (κ2) is 6.72. The third-order valence-electron chi connectivity index (χ3n) is 3.98. The summed E-state index contributed by atoms with van der Waals surface area (Å²) in [6, 6.07) is 20.7. The molecule has 0 fully saturated rings. The summed E-state index contributed by atoms with van der Waals surface area (Å²) in [5.41, 5.74) is 4.82. The highest BCUT2D eigenvalue weighted by Crippen LogP contribution is 2.19. The molecule has 1 heterocycles. The van der Waals surface area contributed by atoms with Crippen molar-refractivity contribution in [2.75, 3.05) is 5.32 Å². The van der Waals surface area contributed by atoms with E-state index in [1.54, 1.807) is 16.9 Å². The molecular weight excluding hydrogens is 392 g/mol. The molecule has 0 aliphatic carbocycles. The van der Waals surface area contributed by atoms with Crippen LogP contribution in [0.15, 0.2) is 71.2 Å². The summed E-state index contributed by atoms with van der Waals surface area (Å²) in [5.74, 6) is -0.164. The molecule has 1 amide bonds. The minimum atomic E-state index is -0.164. The lowest BCUT2D eigenvalue weighted by atomic mass is 10.2. The van der Waals surface area contributed by atoms with Crippen LogP contribution in [0.3, 0.4) is 0 Å². The number of carbonyl (C=O) groups excluding carboxylic acids is 1. The summed E-state index contributed by atoms with van der Waals surface area (Å²) >= 11 is 3.37. The molecule has 0 unspecified atom stereocenters. The Labute approximate surface area is 158 Å². The molecule has 1 N–H and O–H groups in total. The SMILES string of the molecule is Cc1cccc(-n2nc3ccc(NC(=O)c4ccc(Br)cc4)cc3n2)c1. The lowest BCUT2D eigenvalue weighted by Crippen LogP contribution is -2.11. The van der Waals surface area contributed by atoms with Gasteiger partial charge in [0.1, 0.15) is 11.0 Å². The molecule has 6 heteroatoms. The van der Waals surface area contributed by atoms with Crippen LogP contribution in [-0.2, 0) is 0 Å². The number of benzene rings is 3. The van der Waals surface area contributed by atoms with E-state index in [-0.39, 0.29) is 5.91 Å². The van der Waals surface area contributed by atoms with Gasteiger partial charge < -0.3 is 5.32 Å². The van der Waals surface area contributed by atoms with E-state index in [1.165, 1.54) is 0 Å². The third-order valence-corrected chi connectivity index (χ3v) is 4.51. The molecule has 3 aromatic carbocycles. The number of nitrogens with zero attached hydrogens (tertiary/aromatic N) is 3. The number of amides is 1. The number of rotatable bonds is 3. The van der Waals surface area contributed by atoms with Gasteiger partial charge in [0.05, 0.1) is 5.69 Å². The van der Waals surface area contributed by atoms with Gasteiger partial charge in [0.15, 0.2) is 0 Å². The number of hydrogen-bond acceptors (Lipinski definition) is 3. The van der Waals surface area contributed by atoms with E-state index in [2.05, 4.69) is 31.4 Å². The molecule has 0 aliphatic heterocycles. The molecule has 0 bridgehead atoms. The van der Waals surface area contributed by atoms with E-state index in [9.17, 15) is 4.79 Å². The van der Waals surface area contributed by atoms with Crippen LogP contribution in [-0.4, -0.2) is 20.9 Å². The molecule has 4 rings (SSSR count). The van der Waals surface area contributed by atoms with Crippen molar-refractivity contribution >= 4 is 38.6 Å². The topological polar surface area (TPSA) is 59.8 Å². The maximum atomic E-state index is 12.4. The average molecular weight is 407 g/mol. The third kappa shape index (κ3) is 3.36. The number of hydrogen-bond donors (Lipinski definition) is 1. The molecule has 0 saturated heterocycles. The van der Waals surface area contributed by atoms with Crippen LogP contribution in [0, 0.1) is 6.92 Å². The quantitative estimate of drug-likeness (QED) is 0.534. The Bertz CT molecular complexity index is 1100. The first kappa shape index (κ1) is 16.5. The number of nitrogens with one attached hydrogen (secondary N) is 1. The lowest BCUT2D eigenvalue weighted by molar-refractivity contribution is 0.102. The first-order valence-electron chi connectivity index (χ1n) is 8.09. The van der Waals surface area contributed by atoms with Gasteiger partial charge in [-0.15, -0.1) is 10.2 Å². The summed E-state index contributed by atoms with van der Waals surface area (Å²) in [6.07, 6.45) is 0. The van der Waals surface area contributed by atoms with Gasteiger partial charge in [0, 0.05) is 15.7 Å². The van der Waals surface area contributed by atoms with Crippen LogP contribution in [0.5, 0.6) is 0 Å². The molecule has 26 heavy (non-hydrogen) atoms. The number of anilines is 1. The molecule has 0 spiro atoms. The first-order chi connectivity index (χ1) is 12.6. The predicted octanol–water partition coefficient (Wildman–Crippen LogP) is 4.74. The van der Waals surface area contributed by atoms with Crippen molar-refractivity contribution in [2.45, 2.75) is 6.92 Å². The second-order valence-electron chi connectivity index (χ2n) is 5.99. The van der Waals surface area contributed by atoms with E-state index < -0.39 is 0 Å². The summed E-state index contributed by atoms with van der Waals surface area (Å²) in [5, 5.41) is 11.9. The monoisotopic (exact) mass is 406 g/mol. The predicted molar refractivity (Wildman–Crippen MR) is 106 cm³/mol. The zero-order chi connectivity index (χ0) is 18.1. The van der Waals surface area contributed by atoms with E-state index in [0.717, 1.165) is 26.8 Å². The van der Waals surface area contributed by atoms with Crippen LogP contribution >= 0.6 is 15.9 Å². The van der Waals surface area contributed by atoms with Crippen molar-refractivity contribution in [3.05, 3.63) is 82.3 Å². The lowest BCUT2D eigenvalue weighted by Gasteiger charge is -2.05. The highest BCUT2D eigenvalue weighted by atomic mass is 79.9. The first-order valence-corrected chi connectivity index (χ1v) is 8.89. The van der Waals surface area contributed by atoms with Gasteiger partial charge in [-0.1, -0.05) is 28.1 Å². The molecule has 0 aliphatic rings. The van der Waals surface area contributed by atoms with E-state index in [4.69, 9.17) is 0 Å². The second-order valence-corrected chi connectivity index (χ2v) is 6.91. The van der Waals surface area contributed by atoms with Gasteiger partial charge in [0.25, 0.3) is 5.91 Å². The Balaban J connectivity index is 1.61. The Kier molecular flexibility index (Phi) is 4.26. The van der Waals surface area contributed by atoms with Gasteiger partial charge in [-0.3, -0.25) is 4.79 Å². The van der Waals surface area contributed by atoms with Gasteiger partial charge in [0.2, 0.25) is 0 Å². The molecule has 5 nitrogen and oxygen atoms in total. The molecule has 0 atom stereocenters. The van der Waals surface area contributed by atoms with Crippen LogP contribution in [0.2, 0.25) is 0 Å². The van der Waals surface area contributed by atoms with Gasteiger partial charge in [-0.25, -0.2) is 0 Å². The van der Waals surface area contributed by atoms with E-state index >= 15 is 0 Å². The number of fused-ring (bicyclic) bond motifs is 1. The highest BCUT2D eigenvalue weighted by molar-refractivity contribution is 9.10. The number of aromatic nitrogens is 3. The van der Waals surface area contributed by atoms with Crippen molar-refractivity contribution < 1.29 is 4.79 Å². The Hall–Kier alpha value is -2.99. The standard InChI is InChI=1S/C20H15BrN4O/c1-13-3-2-4-17(11-13)25-23-18-10-9-16(12-19(18)24-25)22-20(26)14-5-7-15(21)8-6-14/h2-12H,1H3,(H,22,26). The molecule has 0 saturated carbocycles. The maximum absolute atomic E-state index is 12.4. The normalized spacial score (nSPS) is 10.8. The summed E-state index contributed by atoms with van der Waals surface area (Å²) in [4.78, 5) is 14.0. The Morgan fingerprint density at radius 3 is 2.50 bits per heavy atom. The minimum Gasteiger partial charge on any atom is -0.322 e. The summed E-state index contributed by atoms with van der Waals surface area (Å²) in [6.45, 7) is 2.03. The fourth-order valence-corrected chi connectivity index (χ4v) is 2.93. The molecular formula is C20H15BrN4O. The number of carbonyl (C=O) groups is 1. The maximum Gasteiger partial charge on any atom is 0.255 e. The minimum absolute atomic E-state index is 0.164. The van der Waals surface area contributed by atoms with Crippen LogP contribution < -0.4 is 5.32 Å². The van der Waals surface area contributed by atoms with E-state index in [1.807, 2.05) is 61.5 Å². The van der Waals surface area contributed by atoms with E-state index in [0.29, 0.717) is 11.3 Å². The number of aryl methyl sites for hydroxylation is 1. The zero-order valence-electron chi connectivity index (χ0n) is 14.0. The molecule has 128 valence electrons. The number of halogens is 1. The smallest absolute Gasteiger partial charge is 0.255 e. The fraction of sp³-hybridized carbons (Fsp3) is 0.0500. The van der Waals surface area contributed by atoms with Crippen LogP contribution in [0.25, 0.3) is 16.7 Å². The van der Waals surface area contributed by atoms with Gasteiger partial charge in [-0.2, -0.15) is 4.80 Å². The average Bonchev–Trinajstić information content (AvgIpc) is 3.05. The Morgan fingerprint density at radius 2 is 1.73 bits per heavy atom. The highest BCUT2D eigenvalue weighted by Gasteiger charge is 2.09. The van der Waals surface area contributed by atoms with Gasteiger partial charge >= 0.3 is 0 Å². The molecule has 0 radical (unpaired) electrons. The van der Waals surface area contributed by atoms with Gasteiger partial charge in [-0.05, 0) is 67.1 Å². The van der Waals surface area contributed by atoms with Crippen molar-refractivity contribution in [2.24, 2.45) is 0 Å². The summed E-state index contributed by atoms with van der Waals surface area (Å²) < 4.78 is 0.934. The van der Waals surface area contributed by atoms with Crippen molar-refractivity contribution in [1.29, 1.82) is 0 Å². The zero-order valence-corrected chi connectivity index (χ0v) is 15.6. The Morgan fingerprint density at radius 1 is 0.962 bits per heavy atom. The van der Waals surface area contributed by atoms with Crippen LogP contribution in [0.1, 0.15) is 15.9 Å².